The van der Waals surface area contributed by atoms with Crippen molar-refractivity contribution in [3.63, 3.8) is 0 Å². The van der Waals surface area contributed by atoms with Gasteiger partial charge >= 0.3 is 0 Å². The fourth-order valence-corrected chi connectivity index (χ4v) is 2.63. The average Bonchev–Trinajstić information content (AvgIpc) is 2.97. The van der Waals surface area contributed by atoms with Crippen LogP contribution in [0.4, 0.5) is 0 Å². The van der Waals surface area contributed by atoms with E-state index in [9.17, 15) is 9.90 Å². The van der Waals surface area contributed by atoms with E-state index >= 15 is 0 Å². The molecule has 20 heavy (non-hydrogen) atoms. The average molecular weight is 303 g/mol. The van der Waals surface area contributed by atoms with E-state index in [4.69, 9.17) is 0 Å². The second-order valence-corrected chi connectivity index (χ2v) is 5.17. The molecule has 3 N–H and O–H groups in total. The highest BCUT2D eigenvalue weighted by Crippen LogP contribution is 2.24. The number of nitrogens with zero attached hydrogens (tertiary/aromatic N) is 2. The number of halogens is 1. The highest BCUT2D eigenvalue weighted by molar-refractivity contribution is 5.85. The van der Waals surface area contributed by atoms with Crippen molar-refractivity contribution in [3.05, 3.63) is 18.0 Å². The van der Waals surface area contributed by atoms with Crippen molar-refractivity contribution in [1.82, 2.24) is 20.4 Å². The zero-order valence-electron chi connectivity index (χ0n) is 11.9. The molecular weight excluding hydrogens is 280 g/mol. The molecule has 0 aromatic carbocycles. The van der Waals surface area contributed by atoms with Crippen molar-refractivity contribution < 1.29 is 9.90 Å². The molecule has 1 aliphatic carbocycles. The van der Waals surface area contributed by atoms with Crippen molar-refractivity contribution >= 4 is 18.3 Å². The molecule has 0 spiro atoms. The molecule has 0 aliphatic heterocycles. The molecule has 0 saturated heterocycles. The third-order valence-electron chi connectivity index (χ3n) is 3.77. The number of hydrogen-bond acceptors (Lipinski definition) is 4. The van der Waals surface area contributed by atoms with E-state index in [-0.39, 0.29) is 30.3 Å². The van der Waals surface area contributed by atoms with Gasteiger partial charge in [-0.05, 0) is 19.9 Å². The minimum atomic E-state index is -0.396. The summed E-state index contributed by atoms with van der Waals surface area (Å²) in [6.07, 6.45) is 6.11. The van der Waals surface area contributed by atoms with Gasteiger partial charge in [-0.2, -0.15) is 5.10 Å². The number of rotatable bonds is 5. The molecule has 1 saturated carbocycles. The lowest BCUT2D eigenvalue weighted by Crippen LogP contribution is -2.39. The van der Waals surface area contributed by atoms with Gasteiger partial charge in [0.1, 0.15) is 6.04 Å². The molecule has 114 valence electrons. The number of aliphatic hydroxyl groups is 1. The zero-order chi connectivity index (χ0) is 13.8. The smallest absolute Gasteiger partial charge is 0.241 e. The molecule has 1 aromatic heterocycles. The molecule has 3 unspecified atom stereocenters. The Bertz CT molecular complexity index is 438. The monoisotopic (exact) mass is 302 g/mol. The summed E-state index contributed by atoms with van der Waals surface area (Å²) < 4.78 is 1.67. The van der Waals surface area contributed by atoms with Crippen molar-refractivity contribution in [3.8, 4) is 0 Å². The molecule has 3 atom stereocenters. The van der Waals surface area contributed by atoms with Crippen LogP contribution in [0.2, 0.25) is 0 Å². The minimum absolute atomic E-state index is 0. The molecule has 2 rings (SSSR count). The zero-order valence-corrected chi connectivity index (χ0v) is 12.7. The van der Waals surface area contributed by atoms with Gasteiger partial charge in [-0.1, -0.05) is 6.42 Å². The van der Waals surface area contributed by atoms with Crippen molar-refractivity contribution in [2.75, 3.05) is 13.6 Å². The predicted molar refractivity (Wildman–Crippen MR) is 78.6 cm³/mol. The number of likely N-dealkylation sites (N-methyl/N-ethyl adjacent to an activating group) is 1. The molecule has 1 amide bonds. The first kappa shape index (κ1) is 16.9. The standard InChI is InChI=1S/C13H22N4O2.ClH/c1-14-12(10-7-16-17(2)8-10)13(19)15-6-9-4-3-5-11(9)18;/h7-9,11-12,14,18H,3-6H2,1-2H3,(H,15,19);1H. The third-order valence-corrected chi connectivity index (χ3v) is 3.77. The number of nitrogens with one attached hydrogen (secondary N) is 2. The number of aliphatic hydroxyl groups excluding tert-OH is 1. The Morgan fingerprint density at radius 3 is 2.85 bits per heavy atom. The predicted octanol–water partition coefficient (Wildman–Crippen LogP) is 0.380. The van der Waals surface area contributed by atoms with Gasteiger partial charge in [-0.15, -0.1) is 12.4 Å². The van der Waals surface area contributed by atoms with E-state index in [1.807, 2.05) is 13.2 Å². The van der Waals surface area contributed by atoms with Crippen LogP contribution in [0, 0.1) is 5.92 Å². The molecular formula is C13H23ClN4O2. The van der Waals surface area contributed by atoms with E-state index in [1.54, 1.807) is 17.9 Å². The maximum absolute atomic E-state index is 12.2. The Balaban J connectivity index is 0.00000200. The van der Waals surface area contributed by atoms with Crippen LogP contribution in [0.3, 0.4) is 0 Å². The summed E-state index contributed by atoms with van der Waals surface area (Å²) in [7, 11) is 3.57. The Kier molecular flexibility index (Phi) is 6.45. The Hall–Kier alpha value is -1.11. The lowest BCUT2D eigenvalue weighted by molar-refractivity contribution is -0.123. The van der Waals surface area contributed by atoms with Gasteiger partial charge in [0.15, 0.2) is 0 Å². The largest absolute Gasteiger partial charge is 0.393 e. The van der Waals surface area contributed by atoms with Gasteiger partial charge in [-0.25, -0.2) is 0 Å². The highest BCUT2D eigenvalue weighted by Gasteiger charge is 2.27. The Morgan fingerprint density at radius 1 is 1.60 bits per heavy atom. The lowest BCUT2D eigenvalue weighted by atomic mass is 10.1. The minimum Gasteiger partial charge on any atom is -0.393 e. The number of aromatic nitrogens is 2. The molecule has 0 radical (unpaired) electrons. The maximum Gasteiger partial charge on any atom is 0.241 e. The summed E-state index contributed by atoms with van der Waals surface area (Å²) in [6, 6.07) is -0.396. The van der Waals surface area contributed by atoms with Crippen LogP contribution in [0.25, 0.3) is 0 Å². The summed E-state index contributed by atoms with van der Waals surface area (Å²) in [5.41, 5.74) is 0.842. The highest BCUT2D eigenvalue weighted by atomic mass is 35.5. The normalized spacial score (nSPS) is 23.1. The topological polar surface area (TPSA) is 79.2 Å². The quantitative estimate of drug-likeness (QED) is 0.735. The second kappa shape index (κ2) is 7.61. The lowest BCUT2D eigenvalue weighted by Gasteiger charge is -2.18. The van der Waals surface area contributed by atoms with Crippen molar-refractivity contribution in [2.24, 2.45) is 13.0 Å². The number of aryl methyl sites for hydroxylation is 1. The van der Waals surface area contributed by atoms with Crippen molar-refractivity contribution in [2.45, 2.75) is 31.4 Å². The molecule has 1 fully saturated rings. The number of amides is 1. The van der Waals surface area contributed by atoms with Gasteiger partial charge < -0.3 is 15.7 Å². The van der Waals surface area contributed by atoms with E-state index < -0.39 is 6.04 Å². The van der Waals surface area contributed by atoms with Gasteiger partial charge in [0, 0.05) is 31.3 Å². The van der Waals surface area contributed by atoms with Gasteiger partial charge in [0.05, 0.1) is 12.3 Å². The maximum atomic E-state index is 12.2. The molecule has 0 bridgehead atoms. The summed E-state index contributed by atoms with van der Waals surface area (Å²) in [5.74, 6) is 0.116. The van der Waals surface area contributed by atoms with Crippen molar-refractivity contribution in [1.29, 1.82) is 0 Å². The number of carbonyl (C=O) groups excluding carboxylic acids is 1. The molecule has 1 aromatic rings. The SMILES string of the molecule is CNC(C(=O)NCC1CCCC1O)c1cnn(C)c1.Cl. The second-order valence-electron chi connectivity index (χ2n) is 5.17. The van der Waals surface area contributed by atoms with Gasteiger partial charge in [-0.3, -0.25) is 9.48 Å². The van der Waals surface area contributed by atoms with Gasteiger partial charge in [0.25, 0.3) is 0 Å². The summed E-state index contributed by atoms with van der Waals surface area (Å²) in [6.45, 7) is 0.540. The van der Waals surface area contributed by atoms with Crippen LogP contribution in [0.1, 0.15) is 30.9 Å². The van der Waals surface area contributed by atoms with E-state index in [0.717, 1.165) is 24.8 Å². The Labute approximate surface area is 125 Å². The van der Waals surface area contributed by atoms with Crippen LogP contribution >= 0.6 is 12.4 Å². The first-order valence-corrected chi connectivity index (χ1v) is 6.73. The first-order valence-electron chi connectivity index (χ1n) is 6.73. The van der Waals surface area contributed by atoms with Crippen LogP contribution in [-0.4, -0.2) is 40.5 Å². The summed E-state index contributed by atoms with van der Waals surface area (Å²) in [5, 5.41) is 19.7. The van der Waals surface area contributed by atoms with Crippen LogP contribution < -0.4 is 10.6 Å². The van der Waals surface area contributed by atoms with Crippen LogP contribution in [0.5, 0.6) is 0 Å². The summed E-state index contributed by atoms with van der Waals surface area (Å²) >= 11 is 0. The molecule has 7 heteroatoms. The van der Waals surface area contributed by atoms with E-state index in [2.05, 4.69) is 15.7 Å². The first-order chi connectivity index (χ1) is 9.11. The van der Waals surface area contributed by atoms with E-state index in [1.165, 1.54) is 0 Å². The molecule has 1 aliphatic rings. The summed E-state index contributed by atoms with van der Waals surface area (Å²) in [4.78, 5) is 12.2. The fourth-order valence-electron chi connectivity index (χ4n) is 2.63. The molecule has 6 nitrogen and oxygen atoms in total. The fraction of sp³-hybridized carbons (Fsp3) is 0.692. The number of hydrogen-bond donors (Lipinski definition) is 3. The van der Waals surface area contributed by atoms with Crippen LogP contribution in [0.15, 0.2) is 12.4 Å². The van der Waals surface area contributed by atoms with Crippen LogP contribution in [-0.2, 0) is 11.8 Å². The number of carbonyl (C=O) groups is 1. The van der Waals surface area contributed by atoms with E-state index in [0.29, 0.717) is 6.54 Å². The molecule has 1 heterocycles. The Morgan fingerprint density at radius 2 is 2.35 bits per heavy atom. The van der Waals surface area contributed by atoms with Gasteiger partial charge in [0.2, 0.25) is 5.91 Å². The third kappa shape index (κ3) is 3.94.